The number of hydrogen-bond acceptors (Lipinski definition) is 5. The van der Waals surface area contributed by atoms with Crippen LogP contribution in [0.3, 0.4) is 0 Å². The van der Waals surface area contributed by atoms with E-state index in [1.165, 1.54) is 40.2 Å². The Kier molecular flexibility index (Phi) is 4.90. The molecule has 0 spiro atoms. The van der Waals surface area contributed by atoms with Crippen molar-refractivity contribution >= 4 is 5.91 Å². The van der Waals surface area contributed by atoms with Gasteiger partial charge in [0, 0.05) is 31.3 Å². The molecule has 3 heterocycles. The topological polar surface area (TPSA) is 85.9 Å². The first-order valence-electron chi connectivity index (χ1n) is 10.5. The first-order chi connectivity index (χ1) is 14.7. The van der Waals surface area contributed by atoms with Crippen LogP contribution in [0, 0.1) is 5.92 Å². The first kappa shape index (κ1) is 18.7. The molecule has 0 radical (unpaired) electrons. The molecule has 0 unspecified atom stereocenters. The number of amides is 1. The Morgan fingerprint density at radius 3 is 2.57 bits per heavy atom. The number of likely N-dealkylation sites (tertiary alicyclic amines) is 1. The molecule has 1 saturated carbocycles. The second-order valence-corrected chi connectivity index (χ2v) is 8.15. The van der Waals surface area contributed by atoms with E-state index in [4.69, 9.17) is 0 Å². The molecule has 8 heteroatoms. The van der Waals surface area contributed by atoms with Gasteiger partial charge in [0.25, 0.3) is 11.5 Å². The number of aromatic nitrogens is 5. The van der Waals surface area contributed by atoms with E-state index in [0.29, 0.717) is 37.3 Å². The van der Waals surface area contributed by atoms with Gasteiger partial charge in [-0.05, 0) is 55.2 Å². The van der Waals surface area contributed by atoms with Gasteiger partial charge in [0.1, 0.15) is 12.7 Å². The number of nitrogens with zero attached hydrogens (tertiary/aromatic N) is 6. The average Bonchev–Trinajstić information content (AvgIpc) is 3.49. The maximum absolute atomic E-state index is 13.1. The third-order valence-corrected chi connectivity index (χ3v) is 6.05. The summed E-state index contributed by atoms with van der Waals surface area (Å²) in [5, 5.41) is 8.50. The van der Waals surface area contributed by atoms with Crippen LogP contribution in [0.25, 0.3) is 5.82 Å². The van der Waals surface area contributed by atoms with Crippen LogP contribution in [0.5, 0.6) is 0 Å². The quantitative estimate of drug-likeness (QED) is 0.651. The van der Waals surface area contributed by atoms with Gasteiger partial charge in [0.15, 0.2) is 5.82 Å². The van der Waals surface area contributed by atoms with E-state index >= 15 is 0 Å². The van der Waals surface area contributed by atoms with E-state index in [0.717, 1.165) is 18.4 Å². The number of carbonyl (C=O) groups is 1. The molecule has 30 heavy (non-hydrogen) atoms. The van der Waals surface area contributed by atoms with Crippen LogP contribution in [0.4, 0.5) is 0 Å². The Bertz CT molecular complexity index is 1090. The zero-order valence-corrected chi connectivity index (χ0v) is 16.7. The van der Waals surface area contributed by atoms with Crippen LogP contribution in [0.15, 0.2) is 53.8 Å². The fourth-order valence-corrected chi connectivity index (χ4v) is 4.19. The fourth-order valence-electron chi connectivity index (χ4n) is 4.19. The Morgan fingerprint density at radius 2 is 1.83 bits per heavy atom. The lowest BCUT2D eigenvalue weighted by molar-refractivity contribution is 0.0679. The predicted octanol–water partition coefficient (Wildman–Crippen LogP) is 2.25. The zero-order chi connectivity index (χ0) is 20.5. The highest BCUT2D eigenvalue weighted by Gasteiger charge is 2.30. The maximum Gasteiger partial charge on any atom is 0.266 e. The maximum atomic E-state index is 13.1. The molecular formula is C22H24N6O2. The molecule has 3 aromatic rings. The van der Waals surface area contributed by atoms with Gasteiger partial charge in [-0.3, -0.25) is 9.59 Å². The third-order valence-electron chi connectivity index (χ3n) is 6.05. The summed E-state index contributed by atoms with van der Waals surface area (Å²) in [5.41, 5.74) is 1.93. The molecule has 2 aliphatic rings. The molecular weight excluding hydrogens is 380 g/mol. The number of hydrogen-bond donors (Lipinski definition) is 0. The first-order valence-corrected chi connectivity index (χ1v) is 10.5. The van der Waals surface area contributed by atoms with Gasteiger partial charge >= 0.3 is 0 Å². The lowest BCUT2D eigenvalue weighted by Gasteiger charge is -2.32. The van der Waals surface area contributed by atoms with Gasteiger partial charge < -0.3 is 4.90 Å². The highest BCUT2D eigenvalue weighted by atomic mass is 16.2. The van der Waals surface area contributed by atoms with Crippen molar-refractivity contribution in [3.8, 4) is 5.82 Å². The highest BCUT2D eigenvalue weighted by molar-refractivity contribution is 5.96. The molecule has 2 fully saturated rings. The molecule has 1 aromatic carbocycles. The van der Waals surface area contributed by atoms with E-state index < -0.39 is 0 Å². The second kappa shape index (κ2) is 7.85. The summed E-state index contributed by atoms with van der Waals surface area (Å²) in [4.78, 5) is 31.2. The normalized spacial score (nSPS) is 17.3. The summed E-state index contributed by atoms with van der Waals surface area (Å²) in [6.07, 6.45) is 7.08. The van der Waals surface area contributed by atoms with Crippen LogP contribution in [0.1, 0.15) is 47.5 Å². The minimum Gasteiger partial charge on any atom is -0.339 e. The van der Waals surface area contributed by atoms with Crippen LogP contribution < -0.4 is 5.56 Å². The Morgan fingerprint density at radius 1 is 1.03 bits per heavy atom. The van der Waals surface area contributed by atoms with Gasteiger partial charge in [-0.2, -0.15) is 5.10 Å². The Labute approximate surface area is 174 Å². The van der Waals surface area contributed by atoms with Crippen LogP contribution >= 0.6 is 0 Å². The number of rotatable bonds is 5. The molecule has 2 aromatic heterocycles. The van der Waals surface area contributed by atoms with Crippen molar-refractivity contribution in [3.05, 3.63) is 70.5 Å². The summed E-state index contributed by atoms with van der Waals surface area (Å²) in [6.45, 7) is 1.96. The van der Waals surface area contributed by atoms with E-state index in [1.807, 2.05) is 23.1 Å². The Hall–Kier alpha value is -3.29. The fraction of sp³-hybridized carbons (Fsp3) is 0.409. The van der Waals surface area contributed by atoms with Gasteiger partial charge in [-0.15, -0.1) is 5.10 Å². The average molecular weight is 404 g/mol. The smallest absolute Gasteiger partial charge is 0.266 e. The van der Waals surface area contributed by atoms with Crippen molar-refractivity contribution in [1.82, 2.24) is 29.4 Å². The number of carbonyl (C=O) groups excluding carboxylic acids is 1. The standard InChI is InChI=1S/C22H24N6O2/c29-21-8-7-20(28-15-23-14-24-28)25-27(21)13-16-9-11-26(12-10-16)22(30)19-4-2-1-3-18(19)17-5-6-17/h1-4,7-8,14-17H,5-6,9-13H2. The van der Waals surface area contributed by atoms with E-state index in [-0.39, 0.29) is 11.5 Å². The van der Waals surface area contributed by atoms with Crippen molar-refractivity contribution in [3.63, 3.8) is 0 Å². The minimum atomic E-state index is -0.129. The monoisotopic (exact) mass is 404 g/mol. The summed E-state index contributed by atoms with van der Waals surface area (Å²) in [5.74, 6) is 1.57. The summed E-state index contributed by atoms with van der Waals surface area (Å²) in [6, 6.07) is 11.2. The van der Waals surface area contributed by atoms with Crippen molar-refractivity contribution < 1.29 is 4.79 Å². The van der Waals surface area contributed by atoms with Crippen molar-refractivity contribution in [2.45, 2.75) is 38.1 Å². The third kappa shape index (κ3) is 3.77. The largest absolute Gasteiger partial charge is 0.339 e. The van der Waals surface area contributed by atoms with Crippen molar-refractivity contribution in [1.29, 1.82) is 0 Å². The lowest BCUT2D eigenvalue weighted by atomic mass is 9.95. The molecule has 8 nitrogen and oxygen atoms in total. The Balaban J connectivity index is 1.24. The molecule has 1 aliphatic heterocycles. The minimum absolute atomic E-state index is 0.129. The van der Waals surface area contributed by atoms with Crippen molar-refractivity contribution in [2.75, 3.05) is 13.1 Å². The zero-order valence-electron chi connectivity index (χ0n) is 16.7. The van der Waals surface area contributed by atoms with Crippen LogP contribution in [-0.2, 0) is 6.54 Å². The van der Waals surface area contributed by atoms with E-state index in [1.54, 1.807) is 12.4 Å². The molecule has 1 aliphatic carbocycles. The summed E-state index contributed by atoms with van der Waals surface area (Å²) >= 11 is 0. The molecule has 5 rings (SSSR count). The molecule has 1 amide bonds. The molecule has 0 N–H and O–H groups in total. The molecule has 1 saturated heterocycles. The van der Waals surface area contributed by atoms with Gasteiger partial charge in [0.2, 0.25) is 0 Å². The predicted molar refractivity (Wildman–Crippen MR) is 110 cm³/mol. The lowest BCUT2D eigenvalue weighted by Crippen LogP contribution is -2.40. The highest BCUT2D eigenvalue weighted by Crippen LogP contribution is 2.42. The summed E-state index contributed by atoms with van der Waals surface area (Å²) in [7, 11) is 0. The van der Waals surface area contributed by atoms with Gasteiger partial charge in [-0.1, -0.05) is 18.2 Å². The number of piperidine rings is 1. The number of benzene rings is 1. The van der Waals surface area contributed by atoms with Gasteiger partial charge in [-0.25, -0.2) is 14.3 Å². The van der Waals surface area contributed by atoms with Crippen LogP contribution in [0.2, 0.25) is 0 Å². The SMILES string of the molecule is O=C(c1ccccc1C1CC1)N1CCC(Cn2nc(-n3cncn3)ccc2=O)CC1. The van der Waals surface area contributed by atoms with E-state index in [9.17, 15) is 9.59 Å². The second-order valence-electron chi connectivity index (χ2n) is 8.15. The summed E-state index contributed by atoms with van der Waals surface area (Å²) < 4.78 is 3.04. The molecule has 0 atom stereocenters. The van der Waals surface area contributed by atoms with Crippen molar-refractivity contribution in [2.24, 2.45) is 5.92 Å². The molecule has 154 valence electrons. The van der Waals surface area contributed by atoms with Gasteiger partial charge in [0.05, 0.1) is 0 Å². The van der Waals surface area contributed by atoms with E-state index in [2.05, 4.69) is 21.2 Å². The van der Waals surface area contributed by atoms with Crippen LogP contribution in [-0.4, -0.2) is 48.4 Å². The molecule has 0 bridgehead atoms.